The quantitative estimate of drug-likeness (QED) is 0.282. The second-order valence-corrected chi connectivity index (χ2v) is 9.05. The van der Waals surface area contributed by atoms with Crippen molar-refractivity contribution in [1.82, 2.24) is 15.0 Å². The summed E-state index contributed by atoms with van der Waals surface area (Å²) >= 11 is 0. The van der Waals surface area contributed by atoms with E-state index in [2.05, 4.69) is 20.8 Å². The third-order valence-corrected chi connectivity index (χ3v) is 5.49. The van der Waals surface area contributed by atoms with Crippen molar-refractivity contribution in [2.75, 3.05) is 0 Å². The van der Waals surface area contributed by atoms with Crippen molar-refractivity contribution in [1.29, 1.82) is 0 Å². The molecule has 0 amide bonds. The molecule has 1 aromatic heterocycles. The summed E-state index contributed by atoms with van der Waals surface area (Å²) in [7, 11) is 0. The minimum atomic E-state index is -0.402. The molecule has 5 rings (SSSR count). The predicted octanol–water partition coefficient (Wildman–Crippen LogP) is 7.84. The van der Waals surface area contributed by atoms with Gasteiger partial charge in [-0.2, -0.15) is 0 Å². The first-order valence-corrected chi connectivity index (χ1v) is 11.2. The Morgan fingerprint density at radius 3 is 1.79 bits per heavy atom. The molecule has 0 unspecified atom stereocenters. The van der Waals surface area contributed by atoms with Crippen LogP contribution < -0.4 is 0 Å². The zero-order chi connectivity index (χ0) is 27.9. The molecule has 0 aliphatic carbocycles. The van der Waals surface area contributed by atoms with E-state index < -0.39 is 6.04 Å². The average molecular weight is 447 g/mol. The molecule has 0 N–H and O–H groups in total. The highest BCUT2D eigenvalue weighted by atomic mass is 15.0. The van der Waals surface area contributed by atoms with Crippen molar-refractivity contribution in [2.45, 2.75) is 26.2 Å². The summed E-state index contributed by atoms with van der Waals surface area (Å²) in [4.78, 5) is 14.5. The van der Waals surface area contributed by atoms with Crippen LogP contribution in [0.4, 0.5) is 0 Å². The van der Waals surface area contributed by atoms with Gasteiger partial charge in [0.05, 0.1) is 6.85 Å². The summed E-state index contributed by atoms with van der Waals surface area (Å²) in [6.45, 7) is 6.22. The summed E-state index contributed by atoms with van der Waals surface area (Å²) in [5, 5.41) is 0. The minimum absolute atomic E-state index is 0.181. The van der Waals surface area contributed by atoms with Gasteiger partial charge in [0.2, 0.25) is 0 Å². The third-order valence-electron chi connectivity index (χ3n) is 5.49. The Kier molecular flexibility index (Phi) is 4.38. The van der Waals surface area contributed by atoms with Crippen LogP contribution in [0, 0.1) is 0 Å². The van der Waals surface area contributed by atoms with E-state index in [1.807, 2.05) is 66.7 Å². The Labute approximate surface area is 208 Å². The fraction of sp³-hybridized carbons (Fsp3) is 0.129. The van der Waals surface area contributed by atoms with Gasteiger partial charge in [-0.05, 0) is 22.3 Å². The number of nitrogens with zero attached hydrogens (tertiary/aromatic N) is 3. The molecule has 0 aliphatic rings. The van der Waals surface area contributed by atoms with Crippen molar-refractivity contribution in [3.05, 3.63) is 115 Å². The molecule has 0 spiro atoms. The van der Waals surface area contributed by atoms with Crippen LogP contribution in [0.15, 0.2) is 109 Å². The molecule has 3 heteroatoms. The molecule has 0 radical (unpaired) electrons. The molecule has 0 saturated carbocycles. The lowest BCUT2D eigenvalue weighted by atomic mass is 9.94. The van der Waals surface area contributed by atoms with Crippen molar-refractivity contribution >= 4 is 0 Å². The molecule has 0 saturated heterocycles. The van der Waals surface area contributed by atoms with E-state index in [0.29, 0.717) is 23.0 Å². The molecule has 0 bridgehead atoms. The lowest BCUT2D eigenvalue weighted by Gasteiger charge is -2.19. The van der Waals surface area contributed by atoms with Crippen molar-refractivity contribution in [3.63, 3.8) is 0 Å². The van der Waals surface area contributed by atoms with Crippen LogP contribution in [0.5, 0.6) is 0 Å². The lowest BCUT2D eigenvalue weighted by molar-refractivity contribution is 0.543. The Bertz CT molecular complexity index is 1650. The fourth-order valence-corrected chi connectivity index (χ4v) is 3.69. The van der Waals surface area contributed by atoms with Gasteiger partial charge < -0.3 is 0 Å². The first kappa shape index (κ1) is 16.5. The van der Waals surface area contributed by atoms with Crippen molar-refractivity contribution in [3.8, 4) is 45.0 Å². The number of hydrogen-bond acceptors (Lipinski definition) is 3. The second kappa shape index (κ2) is 9.03. The van der Waals surface area contributed by atoms with Crippen LogP contribution in [0.3, 0.4) is 0 Å². The molecule has 3 nitrogen and oxygen atoms in total. The summed E-state index contributed by atoms with van der Waals surface area (Å²) < 4.78 is 40.5. The zero-order valence-electron chi connectivity index (χ0n) is 24.3. The number of benzene rings is 4. The molecule has 0 fully saturated rings. The van der Waals surface area contributed by atoms with Crippen molar-refractivity contribution < 1.29 is 6.85 Å². The zero-order valence-corrected chi connectivity index (χ0v) is 19.3. The van der Waals surface area contributed by atoms with Gasteiger partial charge in [-0.1, -0.05) is 130 Å². The van der Waals surface area contributed by atoms with Crippen LogP contribution in [0.2, 0.25) is 0 Å². The highest BCUT2D eigenvalue weighted by molar-refractivity contribution is 5.82. The molecule has 1 heterocycles. The second-order valence-electron chi connectivity index (χ2n) is 9.05. The van der Waals surface area contributed by atoms with Crippen LogP contribution in [0.25, 0.3) is 45.0 Å². The summed E-state index contributed by atoms with van der Waals surface area (Å²) in [6, 6.07) is 23.5. The molecule has 34 heavy (non-hydrogen) atoms. The molecule has 4 aromatic carbocycles. The van der Waals surface area contributed by atoms with Gasteiger partial charge in [0, 0.05) is 16.5 Å². The van der Waals surface area contributed by atoms with Gasteiger partial charge in [0.1, 0.15) is 5.82 Å². The van der Waals surface area contributed by atoms with E-state index in [0.717, 1.165) is 22.3 Å². The predicted molar refractivity (Wildman–Crippen MR) is 140 cm³/mol. The first-order valence-electron chi connectivity index (χ1n) is 13.7. The maximum absolute atomic E-state index is 8.30. The number of rotatable bonds is 4. The minimum Gasteiger partial charge on any atom is -0.212 e. The third kappa shape index (κ3) is 4.51. The Hall–Kier alpha value is -4.11. The van der Waals surface area contributed by atoms with Gasteiger partial charge in [-0.15, -0.1) is 0 Å². The maximum atomic E-state index is 8.30. The van der Waals surface area contributed by atoms with Crippen molar-refractivity contribution in [2.24, 2.45) is 0 Å². The standard InChI is InChI=1S/C31H27N3/c1-31(2,3)30-33-28(25-14-8-5-9-15-25)32-29(34-30)27-17-11-10-16-26(27)24-20-18-23(19-21-24)22-12-6-4-7-13-22/h4-21H,1-3H3/i4D,6D,7D,12D,13D. The average Bonchev–Trinajstić information content (AvgIpc) is 2.95. The van der Waals surface area contributed by atoms with E-state index in [-0.39, 0.29) is 35.1 Å². The molecular weight excluding hydrogens is 414 g/mol. The van der Waals surface area contributed by atoms with Gasteiger partial charge in [0.15, 0.2) is 11.6 Å². The van der Waals surface area contributed by atoms with Gasteiger partial charge >= 0.3 is 0 Å². The van der Waals surface area contributed by atoms with Crippen LogP contribution in [-0.4, -0.2) is 15.0 Å². The largest absolute Gasteiger partial charge is 0.212 e. The highest BCUT2D eigenvalue weighted by Gasteiger charge is 2.22. The van der Waals surface area contributed by atoms with Gasteiger partial charge in [-0.3, -0.25) is 0 Å². The Balaban J connectivity index is 1.63. The fourth-order valence-electron chi connectivity index (χ4n) is 3.69. The highest BCUT2D eigenvalue weighted by Crippen LogP contribution is 2.33. The number of aromatic nitrogens is 3. The van der Waals surface area contributed by atoms with E-state index in [9.17, 15) is 0 Å². The number of hydrogen-bond donors (Lipinski definition) is 0. The van der Waals surface area contributed by atoms with Crippen LogP contribution >= 0.6 is 0 Å². The maximum Gasteiger partial charge on any atom is 0.164 e. The molecule has 166 valence electrons. The Morgan fingerprint density at radius 2 is 1.12 bits per heavy atom. The first-order chi connectivity index (χ1) is 18.6. The topological polar surface area (TPSA) is 38.7 Å². The van der Waals surface area contributed by atoms with Gasteiger partial charge in [-0.25, -0.2) is 15.0 Å². The van der Waals surface area contributed by atoms with E-state index in [1.165, 1.54) is 0 Å². The van der Waals surface area contributed by atoms with E-state index in [4.69, 9.17) is 21.8 Å². The SMILES string of the molecule is [2H]c1c([2H])c([2H])c(-c2ccc(-c3ccccc3-c3nc(-c4ccccc4)nc(C(C)(C)C)n3)cc2)c([2H])c1[2H]. The summed E-state index contributed by atoms with van der Waals surface area (Å²) in [5.41, 5.74) is 4.00. The monoisotopic (exact) mass is 446 g/mol. The Morgan fingerprint density at radius 1 is 0.529 bits per heavy atom. The smallest absolute Gasteiger partial charge is 0.164 e. The molecule has 5 aromatic rings. The van der Waals surface area contributed by atoms with Crippen LogP contribution in [0.1, 0.15) is 33.4 Å². The summed E-state index contributed by atoms with van der Waals surface area (Å²) in [6.07, 6.45) is 0. The van der Waals surface area contributed by atoms with E-state index >= 15 is 0 Å². The van der Waals surface area contributed by atoms with Crippen LogP contribution in [-0.2, 0) is 5.41 Å². The molecular formula is C31H27N3. The van der Waals surface area contributed by atoms with Gasteiger partial charge in [0.25, 0.3) is 0 Å². The summed E-state index contributed by atoms with van der Waals surface area (Å²) in [5.74, 6) is 1.87. The normalized spacial score (nSPS) is 13.4. The molecule has 0 atom stereocenters. The van der Waals surface area contributed by atoms with E-state index in [1.54, 1.807) is 12.1 Å². The molecule has 0 aliphatic heterocycles. The lowest BCUT2D eigenvalue weighted by Crippen LogP contribution is -2.18.